The van der Waals surface area contributed by atoms with Crippen molar-refractivity contribution in [2.24, 2.45) is 0 Å². The first kappa shape index (κ1) is 19.3. The first-order valence-electron chi connectivity index (χ1n) is 8.00. The van der Waals surface area contributed by atoms with Crippen molar-refractivity contribution in [1.82, 2.24) is 4.90 Å². The minimum Gasteiger partial charge on any atom is -0.444 e. The lowest BCUT2D eigenvalue weighted by Gasteiger charge is -2.25. The molecule has 1 unspecified atom stereocenters. The van der Waals surface area contributed by atoms with Crippen LogP contribution in [0.1, 0.15) is 39.7 Å². The quantitative estimate of drug-likeness (QED) is 0.827. The predicted octanol–water partition coefficient (Wildman–Crippen LogP) is 3.89. The second-order valence-corrected chi connectivity index (χ2v) is 6.86. The Hall–Kier alpha value is -1.75. The van der Waals surface area contributed by atoms with Gasteiger partial charge in [0.2, 0.25) is 0 Å². The molecule has 5 nitrogen and oxygen atoms in total. The third kappa shape index (κ3) is 7.88. The summed E-state index contributed by atoms with van der Waals surface area (Å²) in [5.41, 5.74) is 1.62. The van der Waals surface area contributed by atoms with Crippen LogP contribution in [-0.4, -0.2) is 43.4 Å². The summed E-state index contributed by atoms with van der Waals surface area (Å²) < 4.78 is 10.5. The Labute approximate surface area is 140 Å². The first-order chi connectivity index (χ1) is 10.7. The molecule has 1 amide bonds. The largest absolute Gasteiger partial charge is 0.444 e. The topological polar surface area (TPSA) is 50.8 Å². The van der Waals surface area contributed by atoms with Gasteiger partial charge in [-0.25, -0.2) is 4.79 Å². The van der Waals surface area contributed by atoms with Crippen molar-refractivity contribution in [3.8, 4) is 0 Å². The highest BCUT2D eigenvalue weighted by molar-refractivity contribution is 5.67. The van der Waals surface area contributed by atoms with E-state index in [1.165, 1.54) is 0 Å². The maximum absolute atomic E-state index is 12.0. The Balaban J connectivity index is 2.61. The predicted molar refractivity (Wildman–Crippen MR) is 93.7 cm³/mol. The van der Waals surface area contributed by atoms with Gasteiger partial charge in [0.1, 0.15) is 5.60 Å². The molecule has 1 N–H and O–H groups in total. The van der Waals surface area contributed by atoms with E-state index < -0.39 is 5.60 Å². The zero-order chi connectivity index (χ0) is 17.5. The maximum atomic E-state index is 12.0. The number of rotatable bonds is 7. The molecule has 0 saturated carbocycles. The van der Waals surface area contributed by atoms with Gasteiger partial charge in [0.15, 0.2) is 0 Å². The smallest absolute Gasteiger partial charge is 0.410 e. The van der Waals surface area contributed by atoms with Gasteiger partial charge in [-0.2, -0.15) is 0 Å². The number of amides is 1. The van der Waals surface area contributed by atoms with Gasteiger partial charge in [-0.3, -0.25) is 0 Å². The van der Waals surface area contributed by atoms with Crippen molar-refractivity contribution in [2.45, 2.75) is 52.3 Å². The van der Waals surface area contributed by atoms with Crippen molar-refractivity contribution in [3.05, 3.63) is 29.8 Å². The molecule has 130 valence electrons. The number of carbonyl (C=O) groups excluding carboxylic acids is 1. The normalized spacial score (nSPS) is 12.6. The van der Waals surface area contributed by atoms with Gasteiger partial charge in [0.25, 0.3) is 0 Å². The molecular weight excluding hydrogens is 292 g/mol. The van der Waals surface area contributed by atoms with E-state index in [-0.39, 0.29) is 6.09 Å². The summed E-state index contributed by atoms with van der Waals surface area (Å²) in [6, 6.07) is 8.41. The summed E-state index contributed by atoms with van der Waals surface area (Å²) in [6.07, 6.45) is 0.628. The Morgan fingerprint density at radius 1 is 1.35 bits per heavy atom. The summed E-state index contributed by atoms with van der Waals surface area (Å²) in [7, 11) is 3.45. The molecule has 1 atom stereocenters. The minimum absolute atomic E-state index is 0.315. The number of methoxy groups -OCH3 is 1. The number of benzene rings is 1. The van der Waals surface area contributed by atoms with Gasteiger partial charge >= 0.3 is 6.09 Å². The van der Waals surface area contributed by atoms with Crippen LogP contribution in [0, 0.1) is 0 Å². The average molecular weight is 322 g/mol. The first-order valence-corrected chi connectivity index (χ1v) is 8.00. The molecule has 0 saturated heterocycles. The fourth-order valence-corrected chi connectivity index (χ4v) is 2.09. The minimum atomic E-state index is -0.481. The van der Waals surface area contributed by atoms with Crippen LogP contribution in [0.25, 0.3) is 0 Å². The van der Waals surface area contributed by atoms with Gasteiger partial charge in [-0.05, 0) is 51.8 Å². The lowest BCUT2D eigenvalue weighted by Crippen LogP contribution is -2.33. The van der Waals surface area contributed by atoms with Crippen LogP contribution in [-0.2, 0) is 16.0 Å². The number of carbonyl (C=O) groups is 1. The second-order valence-electron chi connectivity index (χ2n) is 6.86. The fraction of sp³-hybridized carbons (Fsp3) is 0.611. The molecule has 0 fully saturated rings. The molecule has 0 radical (unpaired) electrons. The van der Waals surface area contributed by atoms with Crippen LogP contribution in [0.2, 0.25) is 0 Å². The summed E-state index contributed by atoms with van der Waals surface area (Å²) >= 11 is 0. The molecule has 0 heterocycles. The highest BCUT2D eigenvalue weighted by atomic mass is 16.6. The summed E-state index contributed by atoms with van der Waals surface area (Å²) in [6.45, 7) is 8.96. The van der Waals surface area contributed by atoms with Crippen LogP contribution < -0.4 is 5.32 Å². The van der Waals surface area contributed by atoms with Gasteiger partial charge < -0.3 is 19.7 Å². The molecule has 1 rings (SSSR count). The van der Waals surface area contributed by atoms with Crippen LogP contribution in [0.4, 0.5) is 10.5 Å². The molecule has 0 spiro atoms. The molecule has 0 aliphatic heterocycles. The van der Waals surface area contributed by atoms with Crippen molar-refractivity contribution >= 4 is 11.8 Å². The zero-order valence-electron chi connectivity index (χ0n) is 15.2. The van der Waals surface area contributed by atoms with Crippen molar-refractivity contribution in [3.63, 3.8) is 0 Å². The number of hydrogen-bond donors (Lipinski definition) is 1. The highest BCUT2D eigenvalue weighted by Gasteiger charge is 2.19. The van der Waals surface area contributed by atoms with Crippen LogP contribution >= 0.6 is 0 Å². The van der Waals surface area contributed by atoms with Crippen LogP contribution in [0.15, 0.2) is 24.3 Å². The molecule has 0 aliphatic carbocycles. The van der Waals surface area contributed by atoms with Crippen LogP contribution in [0.5, 0.6) is 0 Å². The molecule has 0 aliphatic rings. The molecule has 5 heteroatoms. The van der Waals surface area contributed by atoms with Gasteiger partial charge in [0, 0.05) is 39.0 Å². The van der Waals surface area contributed by atoms with Crippen molar-refractivity contribution < 1.29 is 14.3 Å². The van der Waals surface area contributed by atoms with E-state index in [0.29, 0.717) is 12.6 Å². The number of nitrogens with zero attached hydrogens (tertiary/aromatic N) is 1. The lowest BCUT2D eigenvalue weighted by atomic mass is 10.1. The summed E-state index contributed by atoms with van der Waals surface area (Å²) in [5, 5.41) is 3.44. The third-order valence-corrected chi connectivity index (χ3v) is 3.22. The Bertz CT molecular complexity index is 497. The third-order valence-electron chi connectivity index (χ3n) is 3.22. The average Bonchev–Trinajstić information content (AvgIpc) is 2.43. The monoisotopic (exact) mass is 322 g/mol. The van der Waals surface area contributed by atoms with Gasteiger partial charge in [-0.15, -0.1) is 0 Å². The number of anilines is 1. The van der Waals surface area contributed by atoms with Crippen molar-refractivity contribution in [2.75, 3.05) is 26.1 Å². The molecule has 1 aromatic carbocycles. The maximum Gasteiger partial charge on any atom is 0.410 e. The lowest BCUT2D eigenvalue weighted by molar-refractivity contribution is 0.0285. The molecule has 1 aromatic rings. The zero-order valence-corrected chi connectivity index (χ0v) is 15.2. The fourth-order valence-electron chi connectivity index (χ4n) is 2.09. The van der Waals surface area contributed by atoms with E-state index in [1.54, 1.807) is 19.1 Å². The Kier molecular flexibility index (Phi) is 7.36. The molecular formula is C18H30N2O3. The van der Waals surface area contributed by atoms with E-state index in [1.807, 2.05) is 39.0 Å². The standard InChI is InChI=1S/C18H30N2O3/c1-14(10-11-22-6)19-16-9-7-8-15(12-16)13-20(5)17(21)23-18(2,3)4/h7-9,12,14,19H,10-11,13H2,1-6H3. The number of nitrogens with one attached hydrogen (secondary N) is 1. The molecule has 0 bridgehead atoms. The molecule has 0 aromatic heterocycles. The number of hydrogen-bond acceptors (Lipinski definition) is 4. The SMILES string of the molecule is COCCC(C)Nc1cccc(CN(C)C(=O)OC(C)(C)C)c1. The van der Waals surface area contributed by atoms with E-state index in [0.717, 1.165) is 24.3 Å². The van der Waals surface area contributed by atoms with Gasteiger partial charge in [0.05, 0.1) is 0 Å². The van der Waals surface area contributed by atoms with E-state index in [9.17, 15) is 4.79 Å². The van der Waals surface area contributed by atoms with Crippen LogP contribution in [0.3, 0.4) is 0 Å². The van der Waals surface area contributed by atoms with Gasteiger partial charge in [-0.1, -0.05) is 12.1 Å². The van der Waals surface area contributed by atoms with E-state index in [2.05, 4.69) is 18.3 Å². The second kappa shape index (κ2) is 8.77. The number of ether oxygens (including phenoxy) is 2. The van der Waals surface area contributed by atoms with E-state index in [4.69, 9.17) is 9.47 Å². The Morgan fingerprint density at radius 3 is 2.65 bits per heavy atom. The summed E-state index contributed by atoms with van der Waals surface area (Å²) in [5.74, 6) is 0. The summed E-state index contributed by atoms with van der Waals surface area (Å²) in [4.78, 5) is 13.6. The Morgan fingerprint density at radius 2 is 2.04 bits per heavy atom. The highest BCUT2D eigenvalue weighted by Crippen LogP contribution is 2.16. The van der Waals surface area contributed by atoms with Crippen molar-refractivity contribution in [1.29, 1.82) is 0 Å². The van der Waals surface area contributed by atoms with E-state index >= 15 is 0 Å². The molecule has 23 heavy (non-hydrogen) atoms.